The molecule has 0 saturated heterocycles. The second-order valence-electron chi connectivity index (χ2n) is 4.44. The van der Waals surface area contributed by atoms with E-state index in [1.54, 1.807) is 0 Å². The molecule has 0 spiro atoms. The van der Waals surface area contributed by atoms with Crippen LogP contribution in [0.15, 0.2) is 18.2 Å². The highest BCUT2D eigenvalue weighted by atomic mass is 19.2. The Morgan fingerprint density at radius 3 is 2.71 bits per heavy atom. The standard InChI is InChI=1S/C13H15F2NO/c14-12-4-1-9(8-13(12)15)7-11(17)5-6-16-10-2-3-10/h1,4,8,10,16H,2-3,5-7H2. The van der Waals surface area contributed by atoms with Gasteiger partial charge in [0.15, 0.2) is 11.6 Å². The highest BCUT2D eigenvalue weighted by Crippen LogP contribution is 2.18. The SMILES string of the molecule is O=C(CCNC1CC1)Cc1ccc(F)c(F)c1. The van der Waals surface area contributed by atoms with Crippen LogP contribution in [0.3, 0.4) is 0 Å². The zero-order valence-electron chi connectivity index (χ0n) is 9.51. The summed E-state index contributed by atoms with van der Waals surface area (Å²) in [6.07, 6.45) is 2.99. The predicted octanol–water partition coefficient (Wildman–Crippen LogP) is 2.22. The first kappa shape index (κ1) is 12.2. The van der Waals surface area contributed by atoms with E-state index in [9.17, 15) is 13.6 Å². The Kier molecular flexibility index (Phi) is 3.84. The number of nitrogens with one attached hydrogen (secondary N) is 1. The van der Waals surface area contributed by atoms with Crippen LogP contribution in [0.4, 0.5) is 8.78 Å². The molecule has 1 aromatic carbocycles. The Balaban J connectivity index is 1.77. The van der Waals surface area contributed by atoms with Crippen LogP contribution in [-0.2, 0) is 11.2 Å². The van der Waals surface area contributed by atoms with Crippen molar-refractivity contribution in [1.29, 1.82) is 0 Å². The normalized spacial score (nSPS) is 14.9. The number of hydrogen-bond acceptors (Lipinski definition) is 2. The van der Waals surface area contributed by atoms with Crippen molar-refractivity contribution in [3.05, 3.63) is 35.4 Å². The summed E-state index contributed by atoms with van der Waals surface area (Å²) in [6, 6.07) is 4.18. The lowest BCUT2D eigenvalue weighted by molar-refractivity contribution is -0.118. The van der Waals surface area contributed by atoms with Crippen molar-refractivity contribution in [2.75, 3.05) is 6.54 Å². The lowest BCUT2D eigenvalue weighted by Gasteiger charge is -2.03. The van der Waals surface area contributed by atoms with Gasteiger partial charge >= 0.3 is 0 Å². The molecule has 1 aromatic rings. The first-order valence-electron chi connectivity index (χ1n) is 5.84. The fourth-order valence-corrected chi connectivity index (χ4v) is 1.67. The molecule has 1 saturated carbocycles. The third-order valence-electron chi connectivity index (χ3n) is 2.80. The monoisotopic (exact) mass is 239 g/mol. The summed E-state index contributed by atoms with van der Waals surface area (Å²) >= 11 is 0. The van der Waals surface area contributed by atoms with Crippen LogP contribution in [0.2, 0.25) is 0 Å². The summed E-state index contributed by atoms with van der Waals surface area (Å²) in [5, 5.41) is 3.24. The van der Waals surface area contributed by atoms with Gasteiger partial charge in [-0.15, -0.1) is 0 Å². The van der Waals surface area contributed by atoms with Crippen molar-refractivity contribution < 1.29 is 13.6 Å². The van der Waals surface area contributed by atoms with E-state index in [1.807, 2.05) is 0 Å². The molecule has 0 bridgehead atoms. The van der Waals surface area contributed by atoms with E-state index in [0.29, 0.717) is 24.6 Å². The lowest BCUT2D eigenvalue weighted by Crippen LogP contribution is -2.20. The number of Topliss-reactive ketones (excluding diaryl/α,β-unsaturated/α-hetero) is 1. The molecule has 1 aliphatic carbocycles. The summed E-state index contributed by atoms with van der Waals surface area (Å²) in [5.41, 5.74) is 0.528. The van der Waals surface area contributed by atoms with E-state index in [2.05, 4.69) is 5.32 Å². The van der Waals surface area contributed by atoms with Crippen LogP contribution in [0.1, 0.15) is 24.8 Å². The largest absolute Gasteiger partial charge is 0.314 e. The van der Waals surface area contributed by atoms with Gasteiger partial charge in [-0.3, -0.25) is 4.79 Å². The predicted molar refractivity (Wildman–Crippen MR) is 60.7 cm³/mol. The molecule has 0 radical (unpaired) electrons. The Hall–Kier alpha value is -1.29. The third-order valence-corrected chi connectivity index (χ3v) is 2.80. The number of benzene rings is 1. The molecule has 2 rings (SSSR count). The molecule has 0 heterocycles. The summed E-state index contributed by atoms with van der Waals surface area (Å²) < 4.78 is 25.6. The van der Waals surface area contributed by atoms with Crippen LogP contribution in [0.5, 0.6) is 0 Å². The van der Waals surface area contributed by atoms with Gasteiger partial charge in [-0.25, -0.2) is 8.78 Å². The zero-order valence-corrected chi connectivity index (χ0v) is 9.51. The van der Waals surface area contributed by atoms with E-state index >= 15 is 0 Å². The molecular formula is C13H15F2NO. The summed E-state index contributed by atoms with van der Waals surface area (Å²) in [5.74, 6) is -1.73. The van der Waals surface area contributed by atoms with Crippen LogP contribution in [0, 0.1) is 11.6 Å². The highest BCUT2D eigenvalue weighted by Gasteiger charge is 2.20. The second-order valence-corrected chi connectivity index (χ2v) is 4.44. The first-order chi connectivity index (χ1) is 8.15. The van der Waals surface area contributed by atoms with E-state index in [1.165, 1.54) is 18.9 Å². The minimum Gasteiger partial charge on any atom is -0.314 e. The molecule has 1 aliphatic rings. The van der Waals surface area contributed by atoms with Gasteiger partial charge in [0, 0.05) is 25.4 Å². The van der Waals surface area contributed by atoms with E-state index in [-0.39, 0.29) is 12.2 Å². The van der Waals surface area contributed by atoms with Gasteiger partial charge in [-0.1, -0.05) is 6.07 Å². The van der Waals surface area contributed by atoms with E-state index < -0.39 is 11.6 Å². The van der Waals surface area contributed by atoms with Gasteiger partial charge in [0.1, 0.15) is 5.78 Å². The Bertz CT molecular complexity index is 416. The smallest absolute Gasteiger partial charge is 0.159 e. The van der Waals surface area contributed by atoms with Crippen molar-refractivity contribution in [1.82, 2.24) is 5.32 Å². The summed E-state index contributed by atoms with van der Waals surface area (Å²) in [4.78, 5) is 11.6. The van der Waals surface area contributed by atoms with Crippen LogP contribution < -0.4 is 5.32 Å². The number of hydrogen-bond donors (Lipinski definition) is 1. The molecule has 0 atom stereocenters. The van der Waals surface area contributed by atoms with Crippen molar-refractivity contribution in [3.63, 3.8) is 0 Å². The number of rotatable bonds is 6. The van der Waals surface area contributed by atoms with Crippen LogP contribution in [0.25, 0.3) is 0 Å². The third kappa shape index (κ3) is 3.89. The summed E-state index contributed by atoms with van der Waals surface area (Å²) in [6.45, 7) is 0.674. The second kappa shape index (κ2) is 5.36. The molecule has 0 unspecified atom stereocenters. The minimum atomic E-state index is -0.897. The van der Waals surface area contributed by atoms with Crippen LogP contribution in [-0.4, -0.2) is 18.4 Å². The number of carbonyl (C=O) groups excluding carboxylic acids is 1. The molecule has 1 fully saturated rings. The molecule has 0 aromatic heterocycles. The topological polar surface area (TPSA) is 29.1 Å². The average Bonchev–Trinajstić information content (AvgIpc) is 3.07. The molecule has 0 amide bonds. The molecule has 92 valence electrons. The van der Waals surface area contributed by atoms with Gasteiger partial charge in [0.05, 0.1) is 0 Å². The Labute approximate surface area is 99.0 Å². The Morgan fingerprint density at radius 1 is 1.29 bits per heavy atom. The van der Waals surface area contributed by atoms with E-state index in [0.717, 1.165) is 12.1 Å². The molecule has 1 N–H and O–H groups in total. The van der Waals surface area contributed by atoms with Crippen molar-refractivity contribution in [3.8, 4) is 0 Å². The first-order valence-corrected chi connectivity index (χ1v) is 5.84. The highest BCUT2D eigenvalue weighted by molar-refractivity contribution is 5.81. The van der Waals surface area contributed by atoms with Gasteiger partial charge in [-0.05, 0) is 30.5 Å². The molecular weight excluding hydrogens is 224 g/mol. The fraction of sp³-hybridized carbons (Fsp3) is 0.462. The quantitative estimate of drug-likeness (QED) is 0.824. The van der Waals surface area contributed by atoms with Crippen molar-refractivity contribution in [2.45, 2.75) is 31.7 Å². The molecule has 0 aliphatic heterocycles. The minimum absolute atomic E-state index is 0.0455. The van der Waals surface area contributed by atoms with Gasteiger partial charge in [0.25, 0.3) is 0 Å². The maximum atomic E-state index is 12.9. The van der Waals surface area contributed by atoms with Crippen molar-refractivity contribution in [2.24, 2.45) is 0 Å². The average molecular weight is 239 g/mol. The van der Waals surface area contributed by atoms with Gasteiger partial charge in [0.2, 0.25) is 0 Å². The number of halogens is 2. The summed E-state index contributed by atoms with van der Waals surface area (Å²) in [7, 11) is 0. The maximum Gasteiger partial charge on any atom is 0.159 e. The maximum absolute atomic E-state index is 12.9. The molecule has 2 nitrogen and oxygen atoms in total. The molecule has 4 heteroatoms. The van der Waals surface area contributed by atoms with Crippen molar-refractivity contribution >= 4 is 5.78 Å². The molecule has 17 heavy (non-hydrogen) atoms. The van der Waals surface area contributed by atoms with Gasteiger partial charge in [-0.2, -0.15) is 0 Å². The number of ketones is 1. The zero-order chi connectivity index (χ0) is 12.3. The lowest BCUT2D eigenvalue weighted by atomic mass is 10.1. The Morgan fingerprint density at radius 2 is 2.06 bits per heavy atom. The number of carbonyl (C=O) groups is 1. The van der Waals surface area contributed by atoms with E-state index in [4.69, 9.17) is 0 Å². The van der Waals surface area contributed by atoms with Crippen LogP contribution >= 0.6 is 0 Å². The fourth-order valence-electron chi connectivity index (χ4n) is 1.67. The van der Waals surface area contributed by atoms with Gasteiger partial charge < -0.3 is 5.32 Å².